The number of hydrogen-bond donors (Lipinski definition) is 3. The maximum absolute atomic E-state index is 11.9. The van der Waals surface area contributed by atoms with Crippen LogP contribution in [0.1, 0.15) is 5.56 Å². The van der Waals surface area contributed by atoms with Gasteiger partial charge in [0.2, 0.25) is 0 Å². The molecule has 2 aromatic carbocycles. The Hall–Kier alpha value is -3.42. The van der Waals surface area contributed by atoms with E-state index in [4.69, 9.17) is 0 Å². The first-order valence-electron chi connectivity index (χ1n) is 6.53. The van der Waals surface area contributed by atoms with Crippen molar-refractivity contribution in [2.45, 2.75) is 6.92 Å². The van der Waals surface area contributed by atoms with Gasteiger partial charge in [-0.05, 0) is 30.7 Å². The Labute approximate surface area is 130 Å². The predicted molar refractivity (Wildman–Crippen MR) is 83.2 cm³/mol. The van der Waals surface area contributed by atoms with E-state index in [1.807, 2.05) is 0 Å². The molecule has 0 radical (unpaired) electrons. The average molecular weight is 315 g/mol. The lowest BCUT2D eigenvalue weighted by molar-refractivity contribution is -0.383. The van der Waals surface area contributed by atoms with E-state index in [1.165, 1.54) is 42.5 Å². The van der Waals surface area contributed by atoms with Gasteiger partial charge in [-0.25, -0.2) is 0 Å². The molecular weight excluding hydrogens is 302 g/mol. The van der Waals surface area contributed by atoms with Gasteiger partial charge in [0.05, 0.1) is 4.92 Å². The molecule has 0 saturated heterocycles. The number of nitro benzene ring substituents is 1. The zero-order valence-corrected chi connectivity index (χ0v) is 12.1. The highest BCUT2D eigenvalue weighted by Crippen LogP contribution is 2.25. The molecule has 8 heteroatoms. The molecule has 0 fully saturated rings. The van der Waals surface area contributed by atoms with Gasteiger partial charge in [0, 0.05) is 17.8 Å². The van der Waals surface area contributed by atoms with Crippen LogP contribution < -0.4 is 10.6 Å². The first-order valence-corrected chi connectivity index (χ1v) is 6.53. The molecule has 0 aliphatic heterocycles. The number of anilines is 2. The molecule has 0 aliphatic rings. The number of aryl methyl sites for hydroxylation is 1. The van der Waals surface area contributed by atoms with Crippen molar-refractivity contribution in [1.29, 1.82) is 0 Å². The summed E-state index contributed by atoms with van der Waals surface area (Å²) in [5.41, 5.74) is 0.545. The van der Waals surface area contributed by atoms with E-state index in [0.29, 0.717) is 5.56 Å². The highest BCUT2D eigenvalue weighted by Gasteiger charge is 2.20. The fourth-order valence-corrected chi connectivity index (χ4v) is 1.86. The number of nitrogens with zero attached hydrogens (tertiary/aromatic N) is 1. The topological polar surface area (TPSA) is 122 Å². The summed E-state index contributed by atoms with van der Waals surface area (Å²) >= 11 is 0. The number of phenolic OH excluding ortho intramolecular Hbond substituents is 1. The molecule has 0 spiro atoms. The van der Waals surface area contributed by atoms with Crippen molar-refractivity contribution in [3.8, 4) is 5.75 Å². The summed E-state index contributed by atoms with van der Waals surface area (Å²) in [6.45, 7) is 1.70. The fourth-order valence-electron chi connectivity index (χ4n) is 1.86. The molecule has 0 bridgehead atoms. The summed E-state index contributed by atoms with van der Waals surface area (Å²) < 4.78 is 0. The van der Waals surface area contributed by atoms with Gasteiger partial charge in [0.15, 0.2) is 0 Å². The molecule has 0 unspecified atom stereocenters. The van der Waals surface area contributed by atoms with E-state index in [1.54, 1.807) is 6.92 Å². The third kappa shape index (κ3) is 4.03. The summed E-state index contributed by atoms with van der Waals surface area (Å²) in [7, 11) is 0. The quantitative estimate of drug-likeness (QED) is 0.455. The normalized spacial score (nSPS) is 9.96. The molecule has 0 aliphatic carbocycles. The number of hydrogen-bond acceptors (Lipinski definition) is 5. The number of rotatable bonds is 3. The van der Waals surface area contributed by atoms with Crippen LogP contribution in [0.15, 0.2) is 42.5 Å². The van der Waals surface area contributed by atoms with Crippen molar-refractivity contribution in [3.05, 3.63) is 58.1 Å². The largest absolute Gasteiger partial charge is 0.508 e. The Morgan fingerprint density at radius 3 is 2.43 bits per heavy atom. The van der Waals surface area contributed by atoms with Crippen LogP contribution in [0.4, 0.5) is 17.1 Å². The van der Waals surface area contributed by atoms with Crippen LogP contribution in [0.2, 0.25) is 0 Å². The molecule has 2 aromatic rings. The van der Waals surface area contributed by atoms with Crippen LogP contribution in [0.5, 0.6) is 5.75 Å². The van der Waals surface area contributed by atoms with Gasteiger partial charge < -0.3 is 15.7 Å². The maximum atomic E-state index is 11.9. The van der Waals surface area contributed by atoms with Crippen molar-refractivity contribution in [2.75, 3.05) is 10.6 Å². The maximum Gasteiger partial charge on any atom is 0.314 e. The van der Waals surface area contributed by atoms with Crippen LogP contribution in [0, 0.1) is 17.0 Å². The first kappa shape index (κ1) is 16.0. The van der Waals surface area contributed by atoms with Gasteiger partial charge in [-0.1, -0.05) is 12.1 Å². The lowest BCUT2D eigenvalue weighted by Gasteiger charge is -2.08. The second-order valence-electron chi connectivity index (χ2n) is 4.74. The Morgan fingerprint density at radius 2 is 1.78 bits per heavy atom. The lowest BCUT2D eigenvalue weighted by Crippen LogP contribution is -2.29. The number of amides is 2. The van der Waals surface area contributed by atoms with E-state index >= 15 is 0 Å². The molecule has 2 rings (SSSR count). The van der Waals surface area contributed by atoms with Gasteiger partial charge in [-0.2, -0.15) is 0 Å². The fraction of sp³-hybridized carbons (Fsp3) is 0.0667. The molecule has 8 nitrogen and oxygen atoms in total. The highest BCUT2D eigenvalue weighted by molar-refractivity contribution is 6.43. The highest BCUT2D eigenvalue weighted by atomic mass is 16.6. The van der Waals surface area contributed by atoms with Crippen molar-refractivity contribution in [1.82, 2.24) is 0 Å². The monoisotopic (exact) mass is 315 g/mol. The Morgan fingerprint density at radius 1 is 1.09 bits per heavy atom. The van der Waals surface area contributed by atoms with Crippen molar-refractivity contribution < 1.29 is 19.6 Å². The summed E-state index contributed by atoms with van der Waals surface area (Å²) in [6, 6.07) is 9.83. The van der Waals surface area contributed by atoms with Crippen molar-refractivity contribution in [3.63, 3.8) is 0 Å². The van der Waals surface area contributed by atoms with Gasteiger partial charge in [0.1, 0.15) is 11.4 Å². The van der Waals surface area contributed by atoms with Gasteiger partial charge in [-0.3, -0.25) is 19.7 Å². The number of nitrogens with one attached hydrogen (secondary N) is 2. The first-order chi connectivity index (χ1) is 10.9. The SMILES string of the molecule is Cc1ccc([N+](=O)[O-])c(NC(=O)C(=O)Nc2cccc(O)c2)c1. The Balaban J connectivity index is 2.14. The molecule has 0 saturated carbocycles. The molecule has 0 heterocycles. The number of benzene rings is 2. The zero-order chi connectivity index (χ0) is 17.0. The third-order valence-corrected chi connectivity index (χ3v) is 2.91. The molecule has 23 heavy (non-hydrogen) atoms. The minimum absolute atomic E-state index is 0.0638. The van der Waals surface area contributed by atoms with Gasteiger partial charge in [0.25, 0.3) is 5.69 Å². The second-order valence-corrected chi connectivity index (χ2v) is 4.74. The van der Waals surface area contributed by atoms with Crippen LogP contribution in [0.3, 0.4) is 0 Å². The minimum atomic E-state index is -1.05. The predicted octanol–water partition coefficient (Wildman–Crippen LogP) is 2.19. The van der Waals surface area contributed by atoms with E-state index < -0.39 is 16.7 Å². The molecular formula is C15H13N3O5. The molecule has 0 atom stereocenters. The molecule has 2 amide bonds. The summed E-state index contributed by atoms with van der Waals surface area (Å²) in [6.07, 6.45) is 0. The standard InChI is InChI=1S/C15H13N3O5/c1-9-5-6-13(18(22)23)12(7-9)17-15(21)14(20)16-10-3-2-4-11(19)8-10/h2-8,19H,1H3,(H,16,20)(H,17,21). The molecule has 3 N–H and O–H groups in total. The summed E-state index contributed by atoms with van der Waals surface area (Å²) in [5, 5.41) is 24.7. The van der Waals surface area contributed by atoms with E-state index in [9.17, 15) is 24.8 Å². The van der Waals surface area contributed by atoms with Crippen LogP contribution in [-0.4, -0.2) is 21.8 Å². The Bertz CT molecular complexity index is 788. The van der Waals surface area contributed by atoms with Crippen molar-refractivity contribution in [2.24, 2.45) is 0 Å². The number of phenols is 1. The van der Waals surface area contributed by atoms with E-state index in [2.05, 4.69) is 10.6 Å². The van der Waals surface area contributed by atoms with Crippen LogP contribution in [-0.2, 0) is 9.59 Å². The molecule has 0 aromatic heterocycles. The third-order valence-electron chi connectivity index (χ3n) is 2.91. The van der Waals surface area contributed by atoms with E-state index in [0.717, 1.165) is 0 Å². The Kier molecular flexibility index (Phi) is 4.55. The summed E-state index contributed by atoms with van der Waals surface area (Å²) in [5.74, 6) is -2.13. The van der Waals surface area contributed by atoms with Crippen LogP contribution in [0.25, 0.3) is 0 Å². The smallest absolute Gasteiger partial charge is 0.314 e. The summed E-state index contributed by atoms with van der Waals surface area (Å²) in [4.78, 5) is 34.0. The van der Waals surface area contributed by atoms with Crippen molar-refractivity contribution >= 4 is 28.9 Å². The van der Waals surface area contributed by atoms with E-state index in [-0.39, 0.29) is 22.8 Å². The number of carbonyl (C=O) groups is 2. The zero-order valence-electron chi connectivity index (χ0n) is 12.1. The average Bonchev–Trinajstić information content (AvgIpc) is 2.46. The number of nitro groups is 1. The van der Waals surface area contributed by atoms with Gasteiger partial charge in [-0.15, -0.1) is 0 Å². The number of carbonyl (C=O) groups excluding carboxylic acids is 2. The van der Waals surface area contributed by atoms with Gasteiger partial charge >= 0.3 is 11.8 Å². The van der Waals surface area contributed by atoms with Crippen LogP contribution >= 0.6 is 0 Å². The molecule has 118 valence electrons. The lowest BCUT2D eigenvalue weighted by atomic mass is 10.2. The minimum Gasteiger partial charge on any atom is -0.508 e. The number of aromatic hydroxyl groups is 1. The second kappa shape index (κ2) is 6.56.